The molecule has 0 bridgehead atoms. The van der Waals surface area contributed by atoms with Crippen LogP contribution in [0.4, 0.5) is 10.1 Å². The van der Waals surface area contributed by atoms with Crippen LogP contribution in [0.1, 0.15) is 29.6 Å². The van der Waals surface area contributed by atoms with Crippen molar-refractivity contribution < 1.29 is 19.1 Å². The standard InChI is InChI=1S/C13H12FNO3/c14-7-4-5-8-10(6-7)15(13(18)12(8)17)9-2-1-3-11(9)16/h4-6,9,11,16H,1-3H2/t9-,11-/m0/s1. The number of halogens is 1. The van der Waals surface area contributed by atoms with Crippen LogP contribution in [0.3, 0.4) is 0 Å². The zero-order valence-electron chi connectivity index (χ0n) is 9.60. The fourth-order valence-corrected chi connectivity index (χ4v) is 2.78. The number of aliphatic hydroxyl groups is 1. The summed E-state index contributed by atoms with van der Waals surface area (Å²) in [7, 11) is 0. The highest BCUT2D eigenvalue weighted by Crippen LogP contribution is 2.36. The van der Waals surface area contributed by atoms with E-state index in [9.17, 15) is 19.1 Å². The molecular formula is C13H12FNO3. The van der Waals surface area contributed by atoms with Crippen LogP contribution in [0.15, 0.2) is 18.2 Å². The quantitative estimate of drug-likeness (QED) is 0.762. The van der Waals surface area contributed by atoms with Crippen LogP contribution in [0.25, 0.3) is 0 Å². The Bertz CT molecular complexity index is 543. The molecule has 1 aromatic carbocycles. The molecule has 3 rings (SSSR count). The molecule has 1 heterocycles. The molecule has 2 aliphatic rings. The minimum atomic E-state index is -0.665. The molecule has 1 amide bonds. The summed E-state index contributed by atoms with van der Waals surface area (Å²) in [6, 6.07) is 3.26. The van der Waals surface area contributed by atoms with Crippen LogP contribution in [-0.2, 0) is 4.79 Å². The normalized spacial score (nSPS) is 26.9. The van der Waals surface area contributed by atoms with Gasteiger partial charge in [-0.05, 0) is 37.5 Å². The van der Waals surface area contributed by atoms with Gasteiger partial charge in [0, 0.05) is 0 Å². The Hall–Kier alpha value is -1.75. The van der Waals surface area contributed by atoms with Gasteiger partial charge in [0.25, 0.3) is 11.7 Å². The zero-order valence-corrected chi connectivity index (χ0v) is 9.60. The van der Waals surface area contributed by atoms with Gasteiger partial charge in [-0.3, -0.25) is 14.5 Å². The Morgan fingerprint density at radius 2 is 2.06 bits per heavy atom. The van der Waals surface area contributed by atoms with Crippen molar-refractivity contribution in [3.63, 3.8) is 0 Å². The van der Waals surface area contributed by atoms with Gasteiger partial charge < -0.3 is 5.11 Å². The Morgan fingerprint density at radius 1 is 1.28 bits per heavy atom. The molecule has 2 atom stereocenters. The SMILES string of the molecule is O=C1C(=O)N([C@H]2CCC[C@@H]2O)c2cc(F)ccc21. The Balaban J connectivity index is 2.09. The van der Waals surface area contributed by atoms with E-state index in [0.29, 0.717) is 12.8 Å². The number of rotatable bonds is 1. The van der Waals surface area contributed by atoms with Crippen molar-refractivity contribution >= 4 is 17.4 Å². The van der Waals surface area contributed by atoms with Crippen LogP contribution in [0.5, 0.6) is 0 Å². The summed E-state index contributed by atoms with van der Waals surface area (Å²) < 4.78 is 13.3. The second kappa shape index (κ2) is 3.88. The van der Waals surface area contributed by atoms with Gasteiger partial charge in [-0.2, -0.15) is 0 Å². The third kappa shape index (κ3) is 1.47. The highest BCUT2D eigenvalue weighted by Gasteiger charge is 2.43. The molecule has 0 radical (unpaired) electrons. The molecule has 1 aliphatic carbocycles. The van der Waals surface area contributed by atoms with Crippen molar-refractivity contribution in [1.82, 2.24) is 0 Å². The number of carbonyl (C=O) groups is 2. The van der Waals surface area contributed by atoms with Crippen LogP contribution >= 0.6 is 0 Å². The van der Waals surface area contributed by atoms with E-state index in [-0.39, 0.29) is 11.3 Å². The van der Waals surface area contributed by atoms with Crippen molar-refractivity contribution in [2.24, 2.45) is 0 Å². The number of ketones is 1. The molecule has 94 valence electrons. The minimum Gasteiger partial charge on any atom is -0.391 e. The number of benzene rings is 1. The first-order valence-corrected chi connectivity index (χ1v) is 5.95. The summed E-state index contributed by atoms with van der Waals surface area (Å²) in [6.45, 7) is 0. The van der Waals surface area contributed by atoms with Gasteiger partial charge in [0.15, 0.2) is 0 Å². The fraction of sp³-hybridized carbons (Fsp3) is 0.385. The largest absolute Gasteiger partial charge is 0.391 e. The molecule has 5 heteroatoms. The minimum absolute atomic E-state index is 0.223. The van der Waals surface area contributed by atoms with Gasteiger partial charge >= 0.3 is 0 Å². The smallest absolute Gasteiger partial charge is 0.299 e. The lowest BCUT2D eigenvalue weighted by Crippen LogP contribution is -2.43. The number of fused-ring (bicyclic) bond motifs is 1. The first-order valence-electron chi connectivity index (χ1n) is 5.95. The molecule has 1 fully saturated rings. The topological polar surface area (TPSA) is 57.6 Å². The molecule has 1 N–H and O–H groups in total. The maximum atomic E-state index is 13.3. The van der Waals surface area contributed by atoms with Crippen molar-refractivity contribution in [3.8, 4) is 0 Å². The van der Waals surface area contributed by atoms with Gasteiger partial charge in [-0.25, -0.2) is 4.39 Å². The molecule has 0 saturated heterocycles. The van der Waals surface area contributed by atoms with E-state index in [2.05, 4.69) is 0 Å². The third-order valence-electron chi connectivity index (χ3n) is 3.65. The molecule has 1 aliphatic heterocycles. The Kier molecular flexibility index (Phi) is 2.45. The fourth-order valence-electron chi connectivity index (χ4n) is 2.78. The summed E-state index contributed by atoms with van der Waals surface area (Å²) in [4.78, 5) is 25.0. The highest BCUT2D eigenvalue weighted by molar-refractivity contribution is 6.52. The molecule has 0 spiro atoms. The second-order valence-corrected chi connectivity index (χ2v) is 4.73. The predicted octanol–water partition coefficient (Wildman–Crippen LogP) is 1.27. The molecule has 18 heavy (non-hydrogen) atoms. The maximum Gasteiger partial charge on any atom is 0.299 e. The summed E-state index contributed by atoms with van der Waals surface area (Å²) >= 11 is 0. The number of aliphatic hydroxyl groups excluding tert-OH is 1. The van der Waals surface area contributed by atoms with E-state index >= 15 is 0 Å². The van der Waals surface area contributed by atoms with Gasteiger partial charge in [0.2, 0.25) is 0 Å². The maximum absolute atomic E-state index is 13.3. The lowest BCUT2D eigenvalue weighted by molar-refractivity contribution is -0.115. The van der Waals surface area contributed by atoms with E-state index in [1.54, 1.807) is 0 Å². The molecular weight excluding hydrogens is 237 g/mol. The van der Waals surface area contributed by atoms with Crippen molar-refractivity contribution in [3.05, 3.63) is 29.6 Å². The van der Waals surface area contributed by atoms with E-state index in [1.807, 2.05) is 0 Å². The molecule has 4 nitrogen and oxygen atoms in total. The van der Waals surface area contributed by atoms with Crippen molar-refractivity contribution in [1.29, 1.82) is 0 Å². The van der Waals surface area contributed by atoms with Gasteiger partial charge in [-0.15, -0.1) is 0 Å². The lowest BCUT2D eigenvalue weighted by Gasteiger charge is -2.26. The summed E-state index contributed by atoms with van der Waals surface area (Å²) in [5.41, 5.74) is 0.511. The van der Waals surface area contributed by atoms with E-state index in [0.717, 1.165) is 6.42 Å². The van der Waals surface area contributed by atoms with Crippen LogP contribution in [-0.4, -0.2) is 28.9 Å². The first-order chi connectivity index (χ1) is 8.59. The van der Waals surface area contributed by atoms with Gasteiger partial charge in [0.05, 0.1) is 23.4 Å². The lowest BCUT2D eigenvalue weighted by atomic mass is 10.1. The monoisotopic (exact) mass is 249 g/mol. The molecule has 0 unspecified atom stereocenters. The van der Waals surface area contributed by atoms with Crippen LogP contribution in [0.2, 0.25) is 0 Å². The van der Waals surface area contributed by atoms with E-state index in [1.165, 1.54) is 23.1 Å². The number of amides is 1. The summed E-state index contributed by atoms with van der Waals surface area (Å²) in [5.74, 6) is -1.78. The van der Waals surface area contributed by atoms with E-state index in [4.69, 9.17) is 0 Å². The Labute approximate surface area is 103 Å². The average molecular weight is 249 g/mol. The number of hydrogen-bond acceptors (Lipinski definition) is 3. The van der Waals surface area contributed by atoms with E-state index < -0.39 is 29.7 Å². The van der Waals surface area contributed by atoms with Crippen LogP contribution < -0.4 is 4.90 Å². The molecule has 0 aromatic heterocycles. The molecule has 1 saturated carbocycles. The van der Waals surface area contributed by atoms with Gasteiger partial charge in [0.1, 0.15) is 5.82 Å². The predicted molar refractivity (Wildman–Crippen MR) is 61.9 cm³/mol. The number of anilines is 1. The summed E-state index contributed by atoms with van der Waals surface area (Å²) in [5, 5.41) is 9.85. The Morgan fingerprint density at radius 3 is 2.72 bits per heavy atom. The number of nitrogens with zero attached hydrogens (tertiary/aromatic N) is 1. The number of carbonyl (C=O) groups excluding carboxylic acids is 2. The van der Waals surface area contributed by atoms with Crippen molar-refractivity contribution in [2.75, 3.05) is 4.90 Å². The highest BCUT2D eigenvalue weighted by atomic mass is 19.1. The van der Waals surface area contributed by atoms with Crippen LogP contribution in [0, 0.1) is 5.82 Å². The second-order valence-electron chi connectivity index (χ2n) is 4.73. The van der Waals surface area contributed by atoms with Gasteiger partial charge in [-0.1, -0.05) is 0 Å². The molecule has 1 aromatic rings. The number of Topliss-reactive ketones (excluding diaryl/α,β-unsaturated/α-hetero) is 1. The zero-order chi connectivity index (χ0) is 12.9. The first kappa shape index (κ1) is 11.3. The third-order valence-corrected chi connectivity index (χ3v) is 3.65. The average Bonchev–Trinajstić information content (AvgIpc) is 2.84. The van der Waals surface area contributed by atoms with Crippen molar-refractivity contribution in [2.45, 2.75) is 31.4 Å². The summed E-state index contributed by atoms with van der Waals surface area (Å²) in [6.07, 6.45) is 1.40. The number of hydrogen-bond donors (Lipinski definition) is 1.